The molecule has 2 aromatic rings. The van der Waals surface area contributed by atoms with Crippen LogP contribution in [0.15, 0.2) is 42.5 Å². The van der Waals surface area contributed by atoms with Gasteiger partial charge in [-0.3, -0.25) is 0 Å². The van der Waals surface area contributed by atoms with E-state index in [0.29, 0.717) is 31.3 Å². The number of rotatable bonds is 7. The van der Waals surface area contributed by atoms with Crippen molar-refractivity contribution in [1.82, 2.24) is 0 Å². The summed E-state index contributed by atoms with van der Waals surface area (Å²) >= 11 is 3.41. The molecule has 1 fully saturated rings. The molecule has 0 amide bonds. The highest BCUT2D eigenvalue weighted by Gasteiger charge is 2.34. The zero-order chi connectivity index (χ0) is 21.6. The molecule has 0 saturated carbocycles. The molecule has 1 heterocycles. The van der Waals surface area contributed by atoms with Crippen LogP contribution in [0.1, 0.15) is 48.3 Å². The van der Waals surface area contributed by atoms with Crippen molar-refractivity contribution in [2.75, 3.05) is 29.9 Å². The molecule has 0 bridgehead atoms. The van der Waals surface area contributed by atoms with Crippen molar-refractivity contribution in [2.45, 2.75) is 37.8 Å². The monoisotopic (exact) mass is 480 g/mol. The number of benzene rings is 2. The second-order valence-corrected chi connectivity index (χ2v) is 8.21. The third-order valence-electron chi connectivity index (χ3n) is 5.44. The van der Waals surface area contributed by atoms with E-state index in [9.17, 15) is 13.2 Å². The topological polar surface area (TPSA) is 36.3 Å². The van der Waals surface area contributed by atoms with Crippen LogP contribution < -0.4 is 9.64 Å². The van der Waals surface area contributed by atoms with Gasteiger partial charge in [-0.25, -0.2) is 0 Å². The SMILES string of the molecule is N#Cc1ccc(N2CCC(c3ccc(OCCCCBr)cc3)CC2)cc1C(F)(F)F. The number of ether oxygens (including phenoxy) is 1. The Hall–Kier alpha value is -2.20. The zero-order valence-electron chi connectivity index (χ0n) is 16.6. The first-order chi connectivity index (χ1) is 14.4. The van der Waals surface area contributed by atoms with Crippen LogP contribution in [-0.4, -0.2) is 25.0 Å². The first-order valence-electron chi connectivity index (χ1n) is 10.1. The van der Waals surface area contributed by atoms with Gasteiger partial charge in [0.1, 0.15) is 5.75 Å². The lowest BCUT2D eigenvalue weighted by atomic mass is 9.89. The predicted octanol–water partition coefficient (Wildman–Crippen LogP) is 6.51. The van der Waals surface area contributed by atoms with Crippen LogP contribution in [0, 0.1) is 11.3 Å². The number of hydrogen-bond donors (Lipinski definition) is 0. The first kappa shape index (κ1) is 22.5. The average Bonchev–Trinajstić information content (AvgIpc) is 2.76. The fourth-order valence-electron chi connectivity index (χ4n) is 3.75. The van der Waals surface area contributed by atoms with Crippen molar-refractivity contribution in [1.29, 1.82) is 5.26 Å². The van der Waals surface area contributed by atoms with E-state index in [2.05, 4.69) is 28.1 Å². The first-order valence-corrected chi connectivity index (χ1v) is 11.2. The summed E-state index contributed by atoms with van der Waals surface area (Å²) in [6.45, 7) is 2.06. The number of hydrogen-bond acceptors (Lipinski definition) is 3. The molecule has 160 valence electrons. The van der Waals surface area contributed by atoms with Crippen molar-refractivity contribution in [3.63, 3.8) is 0 Å². The van der Waals surface area contributed by atoms with Crippen molar-refractivity contribution in [3.05, 3.63) is 59.2 Å². The van der Waals surface area contributed by atoms with Crippen LogP contribution in [0.5, 0.6) is 5.75 Å². The predicted molar refractivity (Wildman–Crippen MR) is 115 cm³/mol. The smallest absolute Gasteiger partial charge is 0.417 e. The Morgan fingerprint density at radius 3 is 2.37 bits per heavy atom. The molecule has 1 saturated heterocycles. The van der Waals surface area contributed by atoms with E-state index in [1.54, 1.807) is 12.1 Å². The van der Waals surface area contributed by atoms with Gasteiger partial charge in [-0.15, -0.1) is 0 Å². The largest absolute Gasteiger partial charge is 0.494 e. The third-order valence-corrected chi connectivity index (χ3v) is 6.00. The minimum Gasteiger partial charge on any atom is -0.494 e. The molecule has 0 aromatic heterocycles. The normalized spacial score (nSPS) is 15.1. The Morgan fingerprint density at radius 2 is 1.77 bits per heavy atom. The molecule has 30 heavy (non-hydrogen) atoms. The average molecular weight is 481 g/mol. The molecule has 2 aromatic carbocycles. The summed E-state index contributed by atoms with van der Waals surface area (Å²) in [6, 6.07) is 13.8. The van der Waals surface area contributed by atoms with Crippen molar-refractivity contribution < 1.29 is 17.9 Å². The molecule has 0 unspecified atom stereocenters. The summed E-state index contributed by atoms with van der Waals surface area (Å²) in [7, 11) is 0. The third kappa shape index (κ3) is 5.69. The van der Waals surface area contributed by atoms with E-state index >= 15 is 0 Å². The van der Waals surface area contributed by atoms with Crippen LogP contribution in [0.2, 0.25) is 0 Å². The highest BCUT2D eigenvalue weighted by atomic mass is 79.9. The lowest BCUT2D eigenvalue weighted by molar-refractivity contribution is -0.137. The van der Waals surface area contributed by atoms with Gasteiger partial charge in [0.25, 0.3) is 0 Å². The number of alkyl halides is 4. The molecule has 0 radical (unpaired) electrons. The minimum absolute atomic E-state index is 0.337. The highest BCUT2D eigenvalue weighted by molar-refractivity contribution is 9.09. The second-order valence-electron chi connectivity index (χ2n) is 7.41. The Morgan fingerprint density at radius 1 is 1.07 bits per heavy atom. The van der Waals surface area contributed by atoms with E-state index in [0.717, 1.165) is 42.8 Å². The fraction of sp³-hybridized carbons (Fsp3) is 0.435. The summed E-state index contributed by atoms with van der Waals surface area (Å²) in [5.74, 6) is 1.24. The van der Waals surface area contributed by atoms with Gasteiger partial charge in [-0.1, -0.05) is 28.1 Å². The zero-order valence-corrected chi connectivity index (χ0v) is 18.2. The molecule has 0 N–H and O–H groups in total. The number of nitriles is 1. The number of piperidine rings is 1. The van der Waals surface area contributed by atoms with Gasteiger partial charge in [0.15, 0.2) is 0 Å². The molecule has 0 atom stereocenters. The molecule has 7 heteroatoms. The summed E-state index contributed by atoms with van der Waals surface area (Å²) in [5, 5.41) is 9.94. The summed E-state index contributed by atoms with van der Waals surface area (Å²) in [4.78, 5) is 1.97. The summed E-state index contributed by atoms with van der Waals surface area (Å²) < 4.78 is 45.4. The molecule has 0 spiro atoms. The van der Waals surface area contributed by atoms with Gasteiger partial charge in [0.05, 0.1) is 23.8 Å². The lowest BCUT2D eigenvalue weighted by Gasteiger charge is -2.34. The van der Waals surface area contributed by atoms with E-state index < -0.39 is 11.7 Å². The molecular weight excluding hydrogens is 457 g/mol. The van der Waals surface area contributed by atoms with E-state index in [1.807, 2.05) is 17.0 Å². The molecule has 1 aliphatic rings. The van der Waals surface area contributed by atoms with Crippen LogP contribution >= 0.6 is 15.9 Å². The maximum atomic E-state index is 13.2. The summed E-state index contributed by atoms with van der Waals surface area (Å²) in [5.41, 5.74) is 0.553. The van der Waals surface area contributed by atoms with Gasteiger partial charge in [-0.2, -0.15) is 18.4 Å². The number of anilines is 1. The van der Waals surface area contributed by atoms with Gasteiger partial charge in [0.2, 0.25) is 0 Å². The molecule has 1 aliphatic heterocycles. The van der Waals surface area contributed by atoms with Gasteiger partial charge in [-0.05, 0) is 67.5 Å². The second kappa shape index (κ2) is 10.2. The van der Waals surface area contributed by atoms with Crippen LogP contribution in [0.25, 0.3) is 0 Å². The Kier molecular flexibility index (Phi) is 7.65. The van der Waals surface area contributed by atoms with Gasteiger partial charge < -0.3 is 9.64 Å². The maximum Gasteiger partial charge on any atom is 0.417 e. The molecule has 3 nitrogen and oxygen atoms in total. The molecular formula is C23H24BrF3N2O. The number of nitrogens with zero attached hydrogens (tertiary/aromatic N) is 2. The Bertz CT molecular complexity index is 869. The summed E-state index contributed by atoms with van der Waals surface area (Å²) in [6.07, 6.45) is -0.700. The van der Waals surface area contributed by atoms with Crippen LogP contribution in [0.4, 0.5) is 18.9 Å². The van der Waals surface area contributed by atoms with Crippen molar-refractivity contribution >= 4 is 21.6 Å². The quantitative estimate of drug-likeness (QED) is 0.334. The lowest BCUT2D eigenvalue weighted by Crippen LogP contribution is -2.33. The van der Waals surface area contributed by atoms with Crippen LogP contribution in [-0.2, 0) is 6.18 Å². The van der Waals surface area contributed by atoms with E-state index in [1.165, 1.54) is 11.6 Å². The molecule has 0 aliphatic carbocycles. The van der Waals surface area contributed by atoms with Crippen molar-refractivity contribution in [2.24, 2.45) is 0 Å². The van der Waals surface area contributed by atoms with Crippen molar-refractivity contribution in [3.8, 4) is 11.8 Å². The van der Waals surface area contributed by atoms with Gasteiger partial charge >= 0.3 is 6.18 Å². The Balaban J connectivity index is 1.59. The fourth-order valence-corrected chi connectivity index (χ4v) is 4.15. The minimum atomic E-state index is -4.53. The number of halogens is 4. The number of unbranched alkanes of at least 4 members (excludes halogenated alkanes) is 1. The van der Waals surface area contributed by atoms with E-state index in [4.69, 9.17) is 10.00 Å². The van der Waals surface area contributed by atoms with E-state index in [-0.39, 0.29) is 5.56 Å². The van der Waals surface area contributed by atoms with Crippen LogP contribution in [0.3, 0.4) is 0 Å². The highest BCUT2D eigenvalue weighted by Crippen LogP contribution is 2.36. The molecule has 3 rings (SSSR count). The van der Waals surface area contributed by atoms with Gasteiger partial charge in [0, 0.05) is 24.1 Å². The maximum absolute atomic E-state index is 13.2. The Labute approximate surface area is 183 Å². The standard InChI is InChI=1S/C23H24BrF3N2O/c24-11-1-2-14-30-21-7-4-17(5-8-21)18-9-12-29(13-10-18)20-6-3-19(16-28)22(15-20)23(25,26)27/h3-8,15,18H,1-2,9-14H2.